The van der Waals surface area contributed by atoms with Crippen LogP contribution in [0, 0.1) is 0 Å². The minimum atomic E-state index is -4.89. The van der Waals surface area contributed by atoms with Crippen molar-refractivity contribution in [3.05, 3.63) is 71.7 Å². The third-order valence-electron chi connectivity index (χ3n) is 5.05. The zero-order chi connectivity index (χ0) is 24.7. The average molecular weight is 483 g/mol. The summed E-state index contributed by atoms with van der Waals surface area (Å²) < 4.78 is 81.0. The maximum Gasteiger partial charge on any atom is 0.422 e. The first kappa shape index (κ1) is 23.5. The number of carbonyl (C=O) groups excluding carboxylic acids is 1. The highest BCUT2D eigenvalue weighted by molar-refractivity contribution is 6.11. The van der Waals surface area contributed by atoms with E-state index in [-0.39, 0.29) is 34.8 Å². The third kappa shape index (κ3) is 4.67. The lowest BCUT2D eigenvalue weighted by atomic mass is 10.0. The van der Waals surface area contributed by atoms with Crippen molar-refractivity contribution < 1.29 is 41.0 Å². The van der Waals surface area contributed by atoms with Crippen molar-refractivity contribution >= 4 is 11.6 Å². The van der Waals surface area contributed by atoms with Crippen molar-refractivity contribution in [2.24, 2.45) is 0 Å². The molecule has 1 amide bonds. The van der Waals surface area contributed by atoms with Gasteiger partial charge in [0.25, 0.3) is 5.91 Å². The molecule has 1 N–H and O–H groups in total. The lowest BCUT2D eigenvalue weighted by Crippen LogP contribution is -2.24. The van der Waals surface area contributed by atoms with Gasteiger partial charge in [0.2, 0.25) is 0 Å². The highest BCUT2D eigenvalue weighted by Crippen LogP contribution is 2.38. The molecule has 0 saturated carbocycles. The molecule has 3 aromatic rings. The number of aliphatic hydroxyl groups is 1. The van der Waals surface area contributed by atoms with E-state index in [1.54, 1.807) is 6.07 Å². The van der Waals surface area contributed by atoms with Gasteiger partial charge in [0.15, 0.2) is 12.7 Å². The van der Waals surface area contributed by atoms with Crippen molar-refractivity contribution in [2.75, 3.05) is 11.5 Å². The molecule has 0 saturated heterocycles. The van der Waals surface area contributed by atoms with Crippen molar-refractivity contribution in [2.45, 2.75) is 25.0 Å². The highest BCUT2D eigenvalue weighted by Gasteiger charge is 2.40. The summed E-state index contributed by atoms with van der Waals surface area (Å²) in [5, 5.41) is 9.33. The van der Waals surface area contributed by atoms with Gasteiger partial charge in [0.05, 0.1) is 29.8 Å². The molecule has 1 aliphatic rings. The van der Waals surface area contributed by atoms with Crippen LogP contribution in [0.25, 0.3) is 11.3 Å². The molecule has 4 rings (SSSR count). The van der Waals surface area contributed by atoms with E-state index in [9.17, 15) is 36.2 Å². The molecular formula is C22H15F6N3O3. The summed E-state index contributed by atoms with van der Waals surface area (Å²) in [5.41, 5.74) is 0.679. The van der Waals surface area contributed by atoms with Gasteiger partial charge < -0.3 is 14.7 Å². The predicted molar refractivity (Wildman–Crippen MR) is 107 cm³/mol. The number of rotatable bonds is 5. The molecule has 3 heterocycles. The summed E-state index contributed by atoms with van der Waals surface area (Å²) in [6, 6.07) is 9.56. The van der Waals surface area contributed by atoms with Gasteiger partial charge in [-0.25, -0.2) is 0 Å². The Morgan fingerprint density at radius 2 is 1.74 bits per heavy atom. The van der Waals surface area contributed by atoms with E-state index in [0.29, 0.717) is 5.56 Å². The fourth-order valence-corrected chi connectivity index (χ4v) is 3.50. The topological polar surface area (TPSA) is 75.5 Å². The van der Waals surface area contributed by atoms with E-state index >= 15 is 0 Å². The largest absolute Gasteiger partial charge is 0.483 e. The van der Waals surface area contributed by atoms with Gasteiger partial charge in [-0.3, -0.25) is 14.8 Å². The molecule has 34 heavy (non-hydrogen) atoms. The summed E-state index contributed by atoms with van der Waals surface area (Å²) in [7, 11) is 0. The second kappa shape index (κ2) is 8.60. The van der Waals surface area contributed by atoms with E-state index in [1.807, 2.05) is 0 Å². The number of alkyl halides is 6. The van der Waals surface area contributed by atoms with Crippen LogP contribution in [0.1, 0.15) is 27.7 Å². The van der Waals surface area contributed by atoms with Crippen LogP contribution < -0.4 is 9.64 Å². The van der Waals surface area contributed by atoms with Gasteiger partial charge in [-0.15, -0.1) is 0 Å². The minimum Gasteiger partial charge on any atom is -0.483 e. The van der Waals surface area contributed by atoms with Gasteiger partial charge in [0.1, 0.15) is 5.75 Å². The number of aromatic nitrogens is 2. The zero-order valence-corrected chi connectivity index (χ0v) is 17.1. The van der Waals surface area contributed by atoms with E-state index in [2.05, 4.69) is 9.97 Å². The predicted octanol–water partition coefficient (Wildman–Crippen LogP) is 4.84. The number of aliphatic hydroxyl groups excluding tert-OH is 1. The van der Waals surface area contributed by atoms with Gasteiger partial charge in [-0.05, 0) is 30.3 Å². The zero-order valence-electron chi connectivity index (χ0n) is 17.1. The Hall–Kier alpha value is -3.67. The second-order valence-corrected chi connectivity index (χ2v) is 7.36. The Labute approximate surface area is 188 Å². The number of halogens is 6. The monoisotopic (exact) mass is 483 g/mol. The quantitative estimate of drug-likeness (QED) is 0.526. The molecular weight excluding hydrogens is 468 g/mol. The first-order valence-electron chi connectivity index (χ1n) is 9.75. The number of fused-ring (bicyclic) bond motifs is 1. The average Bonchev–Trinajstić information content (AvgIpc) is 3.13. The molecule has 0 radical (unpaired) electrons. The van der Waals surface area contributed by atoms with Crippen LogP contribution in [-0.4, -0.2) is 39.9 Å². The second-order valence-electron chi connectivity index (χ2n) is 7.36. The van der Waals surface area contributed by atoms with E-state index in [4.69, 9.17) is 4.74 Å². The molecule has 178 valence electrons. The molecule has 1 aliphatic heterocycles. The van der Waals surface area contributed by atoms with Crippen molar-refractivity contribution in [3.8, 4) is 17.0 Å². The molecule has 1 aromatic carbocycles. The van der Waals surface area contributed by atoms with Crippen molar-refractivity contribution in [1.82, 2.24) is 9.97 Å². The summed E-state index contributed by atoms with van der Waals surface area (Å²) in [5.74, 6) is -0.558. The number of anilines is 1. The third-order valence-corrected chi connectivity index (χ3v) is 5.05. The highest BCUT2D eigenvalue weighted by atomic mass is 19.4. The van der Waals surface area contributed by atoms with Crippen LogP contribution in [0.3, 0.4) is 0 Å². The Morgan fingerprint density at radius 3 is 2.38 bits per heavy atom. The molecule has 0 aliphatic carbocycles. The van der Waals surface area contributed by atoms with Crippen LogP contribution in [-0.2, 0) is 6.54 Å². The van der Waals surface area contributed by atoms with Crippen LogP contribution in [0.15, 0.2) is 54.9 Å². The number of hydrogen-bond donors (Lipinski definition) is 1. The van der Waals surface area contributed by atoms with Gasteiger partial charge >= 0.3 is 12.4 Å². The fourth-order valence-electron chi connectivity index (χ4n) is 3.50. The number of carbonyl (C=O) groups is 1. The molecule has 0 spiro atoms. The normalized spacial score (nSPS) is 14.8. The maximum absolute atomic E-state index is 13.0. The van der Waals surface area contributed by atoms with Crippen LogP contribution in [0.2, 0.25) is 0 Å². The molecule has 0 fully saturated rings. The maximum atomic E-state index is 13.0. The number of nitrogens with zero attached hydrogens (tertiary/aromatic N) is 3. The van der Waals surface area contributed by atoms with Crippen molar-refractivity contribution in [3.63, 3.8) is 0 Å². The van der Waals surface area contributed by atoms with Crippen molar-refractivity contribution in [1.29, 1.82) is 0 Å². The fraction of sp³-hybridized carbons (Fsp3) is 0.227. The van der Waals surface area contributed by atoms with Crippen LogP contribution >= 0.6 is 0 Å². The summed E-state index contributed by atoms with van der Waals surface area (Å²) in [6.07, 6.45) is -9.85. The van der Waals surface area contributed by atoms with Gasteiger partial charge in [-0.2, -0.15) is 26.3 Å². The van der Waals surface area contributed by atoms with E-state index in [1.165, 1.54) is 41.4 Å². The Bertz CT molecular complexity index is 1210. The SMILES string of the molecule is O=C1c2ccnc(-c3ccccc3OCC(F)(F)F)c2CN1c1ccc(C(O)C(F)(F)F)nc1. The van der Waals surface area contributed by atoms with E-state index in [0.717, 1.165) is 12.3 Å². The van der Waals surface area contributed by atoms with Crippen LogP contribution in [0.5, 0.6) is 5.75 Å². The summed E-state index contributed by atoms with van der Waals surface area (Å²) >= 11 is 0. The Morgan fingerprint density at radius 1 is 1.00 bits per heavy atom. The standard InChI is InChI=1S/C22H15F6N3O3/c23-21(24,25)11-34-17-4-2-1-3-14(17)18-15-10-31(20(33)13(15)7-8-29-18)12-5-6-16(30-9-12)19(32)22(26,27)28/h1-9,19,32H,10-11H2. The summed E-state index contributed by atoms with van der Waals surface area (Å²) in [6.45, 7) is -1.56. The Balaban J connectivity index is 1.65. The van der Waals surface area contributed by atoms with Gasteiger partial charge in [-0.1, -0.05) is 12.1 Å². The number of ether oxygens (including phenoxy) is 1. The summed E-state index contributed by atoms with van der Waals surface area (Å²) in [4.78, 5) is 22.1. The minimum absolute atomic E-state index is 0.0478. The number of pyridine rings is 2. The smallest absolute Gasteiger partial charge is 0.422 e. The molecule has 1 unspecified atom stereocenters. The molecule has 12 heteroatoms. The first-order chi connectivity index (χ1) is 16.0. The molecule has 6 nitrogen and oxygen atoms in total. The first-order valence-corrected chi connectivity index (χ1v) is 9.75. The molecule has 0 bridgehead atoms. The Kier molecular flexibility index (Phi) is 5.94. The molecule has 2 aromatic heterocycles. The van der Waals surface area contributed by atoms with Gasteiger partial charge in [0, 0.05) is 22.9 Å². The number of para-hydroxylation sites is 1. The number of hydrogen-bond acceptors (Lipinski definition) is 5. The number of amides is 1. The number of benzene rings is 1. The molecule has 1 atom stereocenters. The lowest BCUT2D eigenvalue weighted by molar-refractivity contribution is -0.207. The van der Waals surface area contributed by atoms with E-state index < -0.39 is 36.7 Å². The lowest BCUT2D eigenvalue weighted by Gasteiger charge is -2.18. The van der Waals surface area contributed by atoms with Crippen LogP contribution in [0.4, 0.5) is 32.0 Å².